The minimum absolute atomic E-state index is 0.0650. The van der Waals surface area contributed by atoms with Crippen LogP contribution < -0.4 is 0 Å². The molecule has 1 heterocycles. The van der Waals surface area contributed by atoms with Gasteiger partial charge < -0.3 is 0 Å². The van der Waals surface area contributed by atoms with Gasteiger partial charge in [-0.15, -0.1) is 0 Å². The van der Waals surface area contributed by atoms with Gasteiger partial charge >= 0.3 is 10.9 Å². The van der Waals surface area contributed by atoms with Crippen molar-refractivity contribution in [2.24, 2.45) is 0 Å². The molecule has 1 aromatic heterocycles. The predicted molar refractivity (Wildman–Crippen MR) is 154 cm³/mol. The summed E-state index contributed by atoms with van der Waals surface area (Å²) in [5.74, 6) is 0.682. The molecular weight excluding hydrogens is 498 g/mol. The molecule has 4 aromatic rings. The second kappa shape index (κ2) is 13.5. The SMILES string of the molecule is CCCCc1ccc(Sc2cc(Sc3ccc(CCCC)cc3)[o+]c(-c3ccc([N+](=O)[O-])cc3)c2)cc1. The Balaban J connectivity index is 1.60. The van der Waals surface area contributed by atoms with E-state index in [0.29, 0.717) is 5.76 Å². The molecule has 0 amide bonds. The zero-order valence-electron chi connectivity index (χ0n) is 21.3. The molecule has 3 aromatic carbocycles. The molecule has 0 saturated heterocycles. The third-order valence-electron chi connectivity index (χ3n) is 6.05. The normalized spacial score (nSPS) is 11.0. The standard InChI is InChI=1S/C31H32NO3S2/c1-3-5-7-23-9-17-27(18-10-23)36-29-21-30(25-13-15-26(16-14-25)32(33)34)35-31(22-29)37-28-19-11-24(12-20-28)8-6-4-2/h9-22H,3-8H2,1-2H3/q+1. The Morgan fingerprint density at radius 3 is 1.76 bits per heavy atom. The summed E-state index contributed by atoms with van der Waals surface area (Å²) in [6, 6.07) is 28.0. The number of benzene rings is 3. The van der Waals surface area contributed by atoms with Gasteiger partial charge in [0.1, 0.15) is 0 Å². The summed E-state index contributed by atoms with van der Waals surface area (Å²) in [4.78, 5) is 14.1. The molecular formula is C31H32NO3S2+. The third-order valence-corrected chi connectivity index (χ3v) is 7.94. The summed E-state index contributed by atoms with van der Waals surface area (Å²) in [5.41, 5.74) is 3.58. The maximum Gasteiger partial charge on any atom is 0.393 e. The molecule has 0 bridgehead atoms. The van der Waals surface area contributed by atoms with E-state index in [1.807, 2.05) is 6.07 Å². The molecule has 0 radical (unpaired) electrons. The van der Waals surface area contributed by atoms with Crippen molar-refractivity contribution < 1.29 is 9.34 Å². The first-order valence-corrected chi connectivity index (χ1v) is 14.4. The second-order valence-corrected chi connectivity index (χ2v) is 11.2. The maximum atomic E-state index is 11.1. The number of rotatable bonds is 12. The molecule has 0 fully saturated rings. The van der Waals surface area contributed by atoms with Gasteiger partial charge in [-0.1, -0.05) is 62.7 Å². The summed E-state index contributed by atoms with van der Waals surface area (Å²) in [6.07, 6.45) is 6.97. The van der Waals surface area contributed by atoms with E-state index < -0.39 is 0 Å². The summed E-state index contributed by atoms with van der Waals surface area (Å²) in [6.45, 7) is 4.42. The van der Waals surface area contributed by atoms with Crippen molar-refractivity contribution in [1.82, 2.24) is 0 Å². The summed E-state index contributed by atoms with van der Waals surface area (Å²) < 4.78 is 6.28. The average Bonchev–Trinajstić information content (AvgIpc) is 2.92. The number of hydrogen-bond donors (Lipinski definition) is 0. The Morgan fingerprint density at radius 2 is 1.24 bits per heavy atom. The quantitative estimate of drug-likeness (QED) is 0.104. The third kappa shape index (κ3) is 7.94. The number of unbranched alkanes of at least 4 members (excludes halogenated alkanes) is 2. The topological polar surface area (TPSA) is 54.4 Å². The molecule has 6 heteroatoms. The summed E-state index contributed by atoms with van der Waals surface area (Å²) in [5, 5.41) is 11.9. The molecule has 0 saturated carbocycles. The van der Waals surface area contributed by atoms with Crippen LogP contribution in [-0.2, 0) is 12.8 Å². The highest BCUT2D eigenvalue weighted by molar-refractivity contribution is 8.00. The van der Waals surface area contributed by atoms with E-state index in [9.17, 15) is 10.1 Å². The first-order chi connectivity index (χ1) is 18.0. The van der Waals surface area contributed by atoms with Crippen LogP contribution in [-0.4, -0.2) is 4.92 Å². The van der Waals surface area contributed by atoms with Crippen molar-refractivity contribution in [1.29, 1.82) is 0 Å². The zero-order valence-corrected chi connectivity index (χ0v) is 22.9. The van der Waals surface area contributed by atoms with Crippen LogP contribution >= 0.6 is 23.5 Å². The number of aryl methyl sites for hydroxylation is 2. The van der Waals surface area contributed by atoms with Gasteiger partial charge in [0, 0.05) is 38.6 Å². The van der Waals surface area contributed by atoms with Gasteiger partial charge in [-0.25, -0.2) is 0 Å². The molecule has 0 spiro atoms. The minimum atomic E-state index is -0.386. The van der Waals surface area contributed by atoms with Crippen molar-refractivity contribution in [2.45, 2.75) is 72.2 Å². The first-order valence-electron chi connectivity index (χ1n) is 12.8. The fourth-order valence-corrected chi connectivity index (χ4v) is 5.69. The van der Waals surface area contributed by atoms with E-state index in [2.05, 4.69) is 68.4 Å². The largest absolute Gasteiger partial charge is 0.393 e. The number of nitro groups is 1. The second-order valence-electron chi connectivity index (χ2n) is 8.98. The fourth-order valence-electron chi connectivity index (χ4n) is 3.92. The summed E-state index contributed by atoms with van der Waals surface area (Å²) >= 11 is 3.28. The minimum Gasteiger partial charge on any atom is -0.258 e. The van der Waals surface area contributed by atoms with E-state index >= 15 is 0 Å². The van der Waals surface area contributed by atoms with Gasteiger partial charge in [-0.3, -0.25) is 10.1 Å². The van der Waals surface area contributed by atoms with Gasteiger partial charge in [0.05, 0.1) is 22.6 Å². The van der Waals surface area contributed by atoms with Crippen LogP contribution in [0.2, 0.25) is 0 Å². The highest BCUT2D eigenvalue weighted by atomic mass is 32.2. The van der Waals surface area contributed by atoms with E-state index in [0.717, 1.165) is 38.2 Å². The Bertz CT molecular complexity index is 1230. The van der Waals surface area contributed by atoms with Gasteiger partial charge in [0.2, 0.25) is 0 Å². The number of non-ortho nitro benzene ring substituents is 1. The van der Waals surface area contributed by atoms with Gasteiger partial charge in [0.15, 0.2) is 0 Å². The Hall–Kier alpha value is -3.09. The van der Waals surface area contributed by atoms with E-state index in [4.69, 9.17) is 4.42 Å². The lowest BCUT2D eigenvalue weighted by Crippen LogP contribution is -1.88. The van der Waals surface area contributed by atoms with Crippen molar-refractivity contribution in [3.63, 3.8) is 0 Å². The molecule has 0 aliphatic heterocycles. The van der Waals surface area contributed by atoms with Crippen LogP contribution in [0.25, 0.3) is 11.3 Å². The molecule has 0 aliphatic carbocycles. The van der Waals surface area contributed by atoms with Gasteiger partial charge in [0.25, 0.3) is 5.69 Å². The molecule has 4 nitrogen and oxygen atoms in total. The average molecular weight is 531 g/mol. The fraction of sp³-hybridized carbons (Fsp3) is 0.258. The van der Waals surface area contributed by atoms with Crippen molar-refractivity contribution >= 4 is 29.2 Å². The van der Waals surface area contributed by atoms with Crippen LogP contribution in [0.1, 0.15) is 50.7 Å². The van der Waals surface area contributed by atoms with Crippen LogP contribution in [0.3, 0.4) is 0 Å². The monoisotopic (exact) mass is 530 g/mol. The van der Waals surface area contributed by atoms with Crippen LogP contribution in [0.5, 0.6) is 0 Å². The zero-order chi connectivity index (χ0) is 26.0. The van der Waals surface area contributed by atoms with E-state index in [1.54, 1.807) is 35.7 Å². The Morgan fingerprint density at radius 1 is 0.703 bits per heavy atom. The van der Waals surface area contributed by atoms with Crippen LogP contribution in [0, 0.1) is 10.1 Å². The highest BCUT2D eigenvalue weighted by Crippen LogP contribution is 2.38. The van der Waals surface area contributed by atoms with Crippen molar-refractivity contribution in [3.8, 4) is 11.3 Å². The maximum absolute atomic E-state index is 11.1. The van der Waals surface area contributed by atoms with Crippen LogP contribution in [0.4, 0.5) is 5.69 Å². The van der Waals surface area contributed by atoms with Gasteiger partial charge in [-0.2, -0.15) is 4.42 Å². The molecule has 190 valence electrons. The molecule has 4 rings (SSSR count). The highest BCUT2D eigenvalue weighted by Gasteiger charge is 2.21. The lowest BCUT2D eigenvalue weighted by molar-refractivity contribution is -0.384. The Kier molecular flexibility index (Phi) is 9.80. The smallest absolute Gasteiger partial charge is 0.258 e. The van der Waals surface area contributed by atoms with Crippen molar-refractivity contribution in [2.75, 3.05) is 0 Å². The predicted octanol–water partition coefficient (Wildman–Crippen LogP) is 10.1. The number of hydrogen-bond acceptors (Lipinski definition) is 4. The molecule has 0 atom stereocenters. The molecule has 0 unspecified atom stereocenters. The number of nitrogens with zero attached hydrogens (tertiary/aromatic N) is 1. The molecule has 0 aliphatic rings. The van der Waals surface area contributed by atoms with Gasteiger partial charge in [-0.05, 0) is 73.2 Å². The molecule has 0 N–H and O–H groups in total. The summed E-state index contributed by atoms with van der Waals surface area (Å²) in [7, 11) is 0. The lowest BCUT2D eigenvalue weighted by Gasteiger charge is -2.05. The molecule has 37 heavy (non-hydrogen) atoms. The lowest BCUT2D eigenvalue weighted by atomic mass is 10.1. The van der Waals surface area contributed by atoms with E-state index in [1.165, 1.54) is 48.9 Å². The van der Waals surface area contributed by atoms with E-state index in [-0.39, 0.29) is 10.6 Å². The Labute approximate surface area is 227 Å². The van der Waals surface area contributed by atoms with Crippen LogP contribution in [0.15, 0.2) is 109 Å². The first kappa shape index (κ1) is 27.0. The number of nitro benzene ring substituents is 1. The van der Waals surface area contributed by atoms with Crippen molar-refractivity contribution in [3.05, 3.63) is 106 Å².